The summed E-state index contributed by atoms with van der Waals surface area (Å²) in [6.07, 6.45) is -5.23. The smallest absolute Gasteiger partial charge is 0.417 e. The second-order valence-electron chi connectivity index (χ2n) is 4.64. The van der Waals surface area contributed by atoms with E-state index < -0.39 is 35.4 Å². The largest absolute Gasteiger partial charge is 0.493 e. The molecule has 1 N–H and O–H groups in total. The lowest BCUT2D eigenvalue weighted by Crippen LogP contribution is -2.26. The Balaban J connectivity index is 2.66. The number of ether oxygens (including phenoxy) is 1. The summed E-state index contributed by atoms with van der Waals surface area (Å²) in [5, 5.41) is 11.1. The first-order valence-electron chi connectivity index (χ1n) is 6.19. The molecule has 0 atom stereocenters. The van der Waals surface area contributed by atoms with Gasteiger partial charge in [0.05, 0.1) is 12.2 Å². The van der Waals surface area contributed by atoms with Crippen molar-refractivity contribution in [2.45, 2.75) is 31.9 Å². The van der Waals surface area contributed by atoms with Gasteiger partial charge in [-0.25, -0.2) is 0 Å². The fourth-order valence-corrected chi connectivity index (χ4v) is 2.27. The standard InChI is InChI=1S/C13H12F5NO2/c1-2-5-21-9-4-3-8(13(16,17)18)10-7(9)6-12(14,15)11(10)19-20/h3-4,20H,2,5-6H2,1H3/b19-11-. The Morgan fingerprint density at radius 1 is 1.33 bits per heavy atom. The van der Waals surface area contributed by atoms with E-state index in [2.05, 4.69) is 5.16 Å². The minimum Gasteiger partial charge on any atom is -0.493 e. The van der Waals surface area contributed by atoms with E-state index in [9.17, 15) is 22.0 Å². The average Bonchev–Trinajstić information content (AvgIpc) is 2.64. The van der Waals surface area contributed by atoms with Crippen LogP contribution in [0.3, 0.4) is 0 Å². The number of alkyl halides is 5. The Morgan fingerprint density at radius 3 is 2.52 bits per heavy atom. The lowest BCUT2D eigenvalue weighted by molar-refractivity contribution is -0.137. The third-order valence-electron chi connectivity index (χ3n) is 3.12. The number of rotatable bonds is 3. The van der Waals surface area contributed by atoms with Crippen molar-refractivity contribution in [3.63, 3.8) is 0 Å². The molecule has 1 aliphatic carbocycles. The van der Waals surface area contributed by atoms with E-state index in [1.807, 2.05) is 0 Å². The third kappa shape index (κ3) is 2.66. The Hall–Kier alpha value is -1.86. The van der Waals surface area contributed by atoms with Crippen molar-refractivity contribution in [3.05, 3.63) is 28.8 Å². The van der Waals surface area contributed by atoms with Gasteiger partial charge in [0, 0.05) is 17.5 Å². The van der Waals surface area contributed by atoms with Gasteiger partial charge < -0.3 is 9.94 Å². The molecule has 3 nitrogen and oxygen atoms in total. The van der Waals surface area contributed by atoms with Gasteiger partial charge in [-0.2, -0.15) is 22.0 Å². The summed E-state index contributed by atoms with van der Waals surface area (Å²) in [7, 11) is 0. The summed E-state index contributed by atoms with van der Waals surface area (Å²) in [5.74, 6) is -3.71. The molecule has 2 rings (SSSR count). The van der Waals surface area contributed by atoms with Gasteiger partial charge >= 0.3 is 6.18 Å². The van der Waals surface area contributed by atoms with E-state index in [4.69, 9.17) is 9.94 Å². The lowest BCUT2D eigenvalue weighted by atomic mass is 10.0. The van der Waals surface area contributed by atoms with Gasteiger partial charge in [0.2, 0.25) is 0 Å². The van der Waals surface area contributed by atoms with Crippen molar-refractivity contribution in [3.8, 4) is 5.75 Å². The number of hydrogen-bond acceptors (Lipinski definition) is 3. The van der Waals surface area contributed by atoms with Gasteiger partial charge in [-0.05, 0) is 18.6 Å². The molecule has 8 heteroatoms. The molecule has 0 fully saturated rings. The van der Waals surface area contributed by atoms with Crippen molar-refractivity contribution < 1.29 is 31.9 Å². The maximum atomic E-state index is 13.8. The molecule has 0 aromatic heterocycles. The van der Waals surface area contributed by atoms with Crippen molar-refractivity contribution in [1.82, 2.24) is 0 Å². The van der Waals surface area contributed by atoms with Crippen LogP contribution in [0.25, 0.3) is 0 Å². The average molecular weight is 309 g/mol. The molecule has 0 radical (unpaired) electrons. The van der Waals surface area contributed by atoms with E-state index >= 15 is 0 Å². The maximum absolute atomic E-state index is 13.8. The molecule has 0 unspecified atom stereocenters. The van der Waals surface area contributed by atoms with Crippen molar-refractivity contribution in [2.75, 3.05) is 6.61 Å². The first kappa shape index (κ1) is 15.5. The lowest BCUT2D eigenvalue weighted by Gasteiger charge is -2.15. The zero-order valence-corrected chi connectivity index (χ0v) is 11.0. The summed E-state index contributed by atoms with van der Waals surface area (Å²) in [6, 6.07) is 1.68. The number of oxime groups is 1. The minimum absolute atomic E-state index is 0.0434. The molecule has 116 valence electrons. The second-order valence-corrected chi connectivity index (χ2v) is 4.64. The molecule has 0 heterocycles. The van der Waals surface area contributed by atoms with Crippen LogP contribution in [0.4, 0.5) is 22.0 Å². The van der Waals surface area contributed by atoms with E-state index in [1.54, 1.807) is 6.92 Å². The van der Waals surface area contributed by atoms with Crippen molar-refractivity contribution in [1.29, 1.82) is 0 Å². The third-order valence-corrected chi connectivity index (χ3v) is 3.12. The molecule has 21 heavy (non-hydrogen) atoms. The van der Waals surface area contributed by atoms with E-state index in [-0.39, 0.29) is 17.9 Å². The number of benzene rings is 1. The van der Waals surface area contributed by atoms with Crippen LogP contribution in [0.15, 0.2) is 17.3 Å². The van der Waals surface area contributed by atoms with Crippen LogP contribution in [0.2, 0.25) is 0 Å². The van der Waals surface area contributed by atoms with Gasteiger partial charge in [-0.3, -0.25) is 0 Å². The van der Waals surface area contributed by atoms with Crippen LogP contribution < -0.4 is 4.74 Å². The molecule has 0 saturated heterocycles. The van der Waals surface area contributed by atoms with E-state index in [0.717, 1.165) is 6.07 Å². The fraction of sp³-hybridized carbons (Fsp3) is 0.462. The first-order valence-corrected chi connectivity index (χ1v) is 6.19. The monoisotopic (exact) mass is 309 g/mol. The molecule has 0 spiro atoms. The van der Waals surface area contributed by atoms with Gasteiger partial charge in [0.15, 0.2) is 5.71 Å². The summed E-state index contributed by atoms with van der Waals surface area (Å²) >= 11 is 0. The summed E-state index contributed by atoms with van der Waals surface area (Å²) in [6.45, 7) is 1.97. The van der Waals surface area contributed by atoms with Gasteiger partial charge in [0.25, 0.3) is 5.92 Å². The van der Waals surface area contributed by atoms with E-state index in [0.29, 0.717) is 12.5 Å². The SMILES string of the molecule is CCCOc1ccc(C(F)(F)F)c2c1CC(F)(F)/C2=N\O. The zero-order valence-electron chi connectivity index (χ0n) is 11.0. The fourth-order valence-electron chi connectivity index (χ4n) is 2.27. The molecule has 0 amide bonds. The Labute approximate surface area is 117 Å². The molecule has 1 aromatic rings. The van der Waals surface area contributed by atoms with Crippen LogP contribution >= 0.6 is 0 Å². The minimum atomic E-state index is -4.83. The number of nitrogens with zero attached hydrogens (tertiary/aromatic N) is 1. The molecule has 0 aliphatic heterocycles. The molecule has 1 aliphatic rings. The molecule has 1 aromatic carbocycles. The zero-order chi connectivity index (χ0) is 15.8. The van der Waals surface area contributed by atoms with Crippen LogP contribution in [0, 0.1) is 0 Å². The Morgan fingerprint density at radius 2 is 2.00 bits per heavy atom. The van der Waals surface area contributed by atoms with Gasteiger partial charge in [-0.15, -0.1) is 0 Å². The highest BCUT2D eigenvalue weighted by Crippen LogP contribution is 2.45. The van der Waals surface area contributed by atoms with E-state index in [1.165, 1.54) is 0 Å². The molecule has 0 saturated carbocycles. The summed E-state index contributed by atoms with van der Waals surface area (Å²) < 4.78 is 71.6. The molecular weight excluding hydrogens is 297 g/mol. The van der Waals surface area contributed by atoms with Crippen molar-refractivity contribution in [2.24, 2.45) is 5.16 Å². The highest BCUT2D eigenvalue weighted by Gasteiger charge is 2.51. The predicted molar refractivity (Wildman–Crippen MR) is 64.2 cm³/mol. The van der Waals surface area contributed by atoms with Crippen LogP contribution in [-0.4, -0.2) is 23.4 Å². The first-order chi connectivity index (χ1) is 9.72. The molecular formula is C13H12F5NO2. The predicted octanol–water partition coefficient (Wildman–Crippen LogP) is 3.86. The molecule has 0 bridgehead atoms. The van der Waals surface area contributed by atoms with Crippen molar-refractivity contribution >= 4 is 5.71 Å². The highest BCUT2D eigenvalue weighted by atomic mass is 19.4. The normalized spacial score (nSPS) is 18.9. The van der Waals surface area contributed by atoms with Crippen LogP contribution in [-0.2, 0) is 12.6 Å². The highest BCUT2D eigenvalue weighted by molar-refractivity contribution is 6.11. The number of fused-ring (bicyclic) bond motifs is 1. The second kappa shape index (κ2) is 5.16. The Kier molecular flexibility index (Phi) is 3.81. The topological polar surface area (TPSA) is 41.8 Å². The quantitative estimate of drug-likeness (QED) is 0.523. The van der Waals surface area contributed by atoms with Gasteiger partial charge in [-0.1, -0.05) is 12.1 Å². The Bertz CT molecular complexity index is 581. The maximum Gasteiger partial charge on any atom is 0.417 e. The summed E-state index contributed by atoms with van der Waals surface area (Å²) in [4.78, 5) is 0. The van der Waals surface area contributed by atoms with Crippen LogP contribution in [0.1, 0.15) is 30.0 Å². The number of halogens is 5. The summed E-state index contributed by atoms with van der Waals surface area (Å²) in [5.41, 5.74) is -3.60. The van der Waals surface area contributed by atoms with Crippen LogP contribution in [0.5, 0.6) is 5.75 Å². The number of hydrogen-bond donors (Lipinski definition) is 1. The van der Waals surface area contributed by atoms with Gasteiger partial charge in [0.1, 0.15) is 5.75 Å².